The van der Waals surface area contributed by atoms with Gasteiger partial charge in [-0.1, -0.05) is 43.1 Å². The molecule has 0 aromatic heterocycles. The van der Waals surface area contributed by atoms with Crippen molar-refractivity contribution in [2.75, 3.05) is 13.1 Å². The molecule has 4 nitrogen and oxygen atoms in total. The van der Waals surface area contributed by atoms with Crippen LogP contribution in [0.1, 0.15) is 38.2 Å². The number of hydrogen-bond donors (Lipinski definition) is 2. The Bertz CT molecular complexity index is 487. The van der Waals surface area contributed by atoms with Crippen molar-refractivity contribution in [3.8, 4) is 0 Å². The normalized spacial score (nSPS) is 18.3. The molecular formula is C17H25ClN2O2. The van der Waals surface area contributed by atoms with Gasteiger partial charge < -0.3 is 10.4 Å². The quantitative estimate of drug-likeness (QED) is 0.809. The van der Waals surface area contributed by atoms with Crippen LogP contribution in [-0.4, -0.2) is 41.1 Å². The molecule has 1 aliphatic rings. The van der Waals surface area contributed by atoms with E-state index in [-0.39, 0.29) is 0 Å². The van der Waals surface area contributed by atoms with Gasteiger partial charge in [0.05, 0.1) is 0 Å². The van der Waals surface area contributed by atoms with Crippen molar-refractivity contribution in [2.24, 2.45) is 0 Å². The zero-order valence-electron chi connectivity index (χ0n) is 13.1. The summed E-state index contributed by atoms with van der Waals surface area (Å²) in [7, 11) is 0. The van der Waals surface area contributed by atoms with Gasteiger partial charge in [-0.05, 0) is 44.0 Å². The van der Waals surface area contributed by atoms with E-state index >= 15 is 0 Å². The fourth-order valence-electron chi connectivity index (χ4n) is 2.98. The Hall–Kier alpha value is -1.10. The molecule has 1 aromatic rings. The van der Waals surface area contributed by atoms with Gasteiger partial charge in [-0.3, -0.25) is 9.69 Å². The summed E-state index contributed by atoms with van der Waals surface area (Å²) >= 11 is 6.21. The average Bonchev–Trinajstić information content (AvgIpc) is 2.51. The Morgan fingerprint density at radius 1 is 1.41 bits per heavy atom. The molecular weight excluding hydrogens is 300 g/mol. The SMILES string of the molecule is CCCC(NC1CCN(Cc2ccccc2Cl)CC1)C(=O)O. The van der Waals surface area contributed by atoms with E-state index in [0.29, 0.717) is 12.5 Å². The number of carboxylic acid groups (broad SMARTS) is 1. The van der Waals surface area contributed by atoms with Gasteiger partial charge in [-0.2, -0.15) is 0 Å². The summed E-state index contributed by atoms with van der Waals surface area (Å²) in [6.45, 7) is 4.83. The van der Waals surface area contributed by atoms with Crippen LogP contribution < -0.4 is 5.32 Å². The predicted octanol–water partition coefficient (Wildman–Crippen LogP) is 3.15. The van der Waals surface area contributed by atoms with Crippen molar-refractivity contribution in [1.29, 1.82) is 0 Å². The summed E-state index contributed by atoms with van der Waals surface area (Å²) < 4.78 is 0. The van der Waals surface area contributed by atoms with Gasteiger partial charge in [-0.25, -0.2) is 0 Å². The van der Waals surface area contributed by atoms with E-state index < -0.39 is 12.0 Å². The lowest BCUT2D eigenvalue weighted by Gasteiger charge is -2.34. The number of nitrogens with zero attached hydrogens (tertiary/aromatic N) is 1. The van der Waals surface area contributed by atoms with Crippen LogP contribution in [0, 0.1) is 0 Å². The lowest BCUT2D eigenvalue weighted by Crippen LogP contribution is -2.48. The number of benzene rings is 1. The van der Waals surface area contributed by atoms with E-state index in [1.54, 1.807) is 0 Å². The number of hydrogen-bond acceptors (Lipinski definition) is 3. The molecule has 0 saturated carbocycles. The maximum absolute atomic E-state index is 11.2. The number of aliphatic carboxylic acids is 1. The van der Waals surface area contributed by atoms with Crippen molar-refractivity contribution in [3.05, 3.63) is 34.9 Å². The van der Waals surface area contributed by atoms with E-state index in [0.717, 1.165) is 49.5 Å². The first-order valence-electron chi connectivity index (χ1n) is 8.04. The summed E-state index contributed by atoms with van der Waals surface area (Å²) in [6, 6.07) is 7.83. The minimum absolute atomic E-state index is 0.301. The molecule has 1 unspecified atom stereocenters. The van der Waals surface area contributed by atoms with Crippen LogP contribution in [0.25, 0.3) is 0 Å². The molecule has 122 valence electrons. The lowest BCUT2D eigenvalue weighted by atomic mass is 10.0. The standard InChI is InChI=1S/C17H25ClN2O2/c1-2-5-16(17(21)22)19-14-8-10-20(11-9-14)12-13-6-3-4-7-15(13)18/h3-4,6-7,14,16,19H,2,5,8-12H2,1H3,(H,21,22). The smallest absolute Gasteiger partial charge is 0.320 e. The third-order valence-electron chi connectivity index (χ3n) is 4.25. The Labute approximate surface area is 137 Å². The highest BCUT2D eigenvalue weighted by atomic mass is 35.5. The Morgan fingerprint density at radius 2 is 2.09 bits per heavy atom. The molecule has 1 fully saturated rings. The summed E-state index contributed by atoms with van der Waals surface area (Å²) in [6.07, 6.45) is 3.54. The zero-order chi connectivity index (χ0) is 15.9. The van der Waals surface area contributed by atoms with Gasteiger partial charge in [0.1, 0.15) is 6.04 Å². The number of halogens is 1. The topological polar surface area (TPSA) is 52.6 Å². The van der Waals surface area contributed by atoms with Gasteiger partial charge in [0.2, 0.25) is 0 Å². The van der Waals surface area contributed by atoms with E-state index in [9.17, 15) is 9.90 Å². The number of carboxylic acids is 1. The van der Waals surface area contributed by atoms with Crippen LogP contribution in [0.2, 0.25) is 5.02 Å². The minimum Gasteiger partial charge on any atom is -0.480 e. The number of likely N-dealkylation sites (tertiary alicyclic amines) is 1. The monoisotopic (exact) mass is 324 g/mol. The largest absolute Gasteiger partial charge is 0.480 e. The van der Waals surface area contributed by atoms with Crippen LogP contribution in [0.3, 0.4) is 0 Å². The molecule has 5 heteroatoms. The second-order valence-electron chi connectivity index (χ2n) is 5.99. The first kappa shape index (κ1) is 17.3. The second kappa shape index (κ2) is 8.51. The third kappa shape index (κ3) is 4.97. The number of nitrogens with one attached hydrogen (secondary N) is 1. The minimum atomic E-state index is -0.736. The molecule has 22 heavy (non-hydrogen) atoms. The van der Waals surface area contributed by atoms with Crippen LogP contribution in [0.5, 0.6) is 0 Å². The summed E-state index contributed by atoms with van der Waals surface area (Å²) in [4.78, 5) is 13.6. The van der Waals surface area contributed by atoms with Crippen molar-refractivity contribution < 1.29 is 9.90 Å². The Morgan fingerprint density at radius 3 is 2.68 bits per heavy atom. The summed E-state index contributed by atoms with van der Waals surface area (Å²) in [5.74, 6) is -0.736. The molecule has 2 N–H and O–H groups in total. The van der Waals surface area contributed by atoms with Gasteiger partial charge in [0, 0.05) is 17.6 Å². The van der Waals surface area contributed by atoms with E-state index in [1.807, 2.05) is 25.1 Å². The Balaban J connectivity index is 1.80. The summed E-state index contributed by atoms with van der Waals surface area (Å²) in [5.41, 5.74) is 1.16. The average molecular weight is 325 g/mol. The molecule has 1 aliphatic heterocycles. The molecule has 0 amide bonds. The molecule has 1 saturated heterocycles. The maximum Gasteiger partial charge on any atom is 0.320 e. The zero-order valence-corrected chi connectivity index (χ0v) is 13.9. The highest BCUT2D eigenvalue weighted by Crippen LogP contribution is 2.20. The maximum atomic E-state index is 11.2. The van der Waals surface area contributed by atoms with Gasteiger partial charge in [0.25, 0.3) is 0 Å². The van der Waals surface area contributed by atoms with Crippen LogP contribution in [-0.2, 0) is 11.3 Å². The molecule has 0 spiro atoms. The van der Waals surface area contributed by atoms with Crippen LogP contribution in [0.4, 0.5) is 0 Å². The second-order valence-corrected chi connectivity index (χ2v) is 6.40. The van der Waals surface area contributed by atoms with Crippen LogP contribution >= 0.6 is 11.6 Å². The van der Waals surface area contributed by atoms with E-state index in [1.165, 1.54) is 0 Å². The van der Waals surface area contributed by atoms with E-state index in [2.05, 4.69) is 16.3 Å². The fourth-order valence-corrected chi connectivity index (χ4v) is 3.17. The molecule has 1 atom stereocenters. The fraction of sp³-hybridized carbons (Fsp3) is 0.588. The molecule has 0 aliphatic carbocycles. The first-order chi connectivity index (χ1) is 10.6. The van der Waals surface area contributed by atoms with Crippen LogP contribution in [0.15, 0.2) is 24.3 Å². The highest BCUT2D eigenvalue weighted by Gasteiger charge is 2.24. The van der Waals surface area contributed by atoms with Crippen molar-refractivity contribution in [2.45, 2.75) is 51.2 Å². The van der Waals surface area contributed by atoms with Crippen molar-refractivity contribution in [1.82, 2.24) is 10.2 Å². The number of carbonyl (C=O) groups is 1. The van der Waals surface area contributed by atoms with Crippen molar-refractivity contribution >= 4 is 17.6 Å². The predicted molar refractivity (Wildman–Crippen MR) is 89.2 cm³/mol. The van der Waals surface area contributed by atoms with Gasteiger partial charge >= 0.3 is 5.97 Å². The van der Waals surface area contributed by atoms with Crippen molar-refractivity contribution in [3.63, 3.8) is 0 Å². The molecule has 1 heterocycles. The third-order valence-corrected chi connectivity index (χ3v) is 4.62. The molecule has 1 aromatic carbocycles. The molecule has 0 radical (unpaired) electrons. The van der Waals surface area contributed by atoms with E-state index in [4.69, 9.17) is 11.6 Å². The summed E-state index contributed by atoms with van der Waals surface area (Å²) in [5, 5.41) is 13.3. The molecule has 0 bridgehead atoms. The molecule has 2 rings (SSSR count). The van der Waals surface area contributed by atoms with Gasteiger partial charge in [0.15, 0.2) is 0 Å². The van der Waals surface area contributed by atoms with Gasteiger partial charge in [-0.15, -0.1) is 0 Å². The number of piperidine rings is 1. The highest BCUT2D eigenvalue weighted by molar-refractivity contribution is 6.31. The Kier molecular flexibility index (Phi) is 6.68. The lowest BCUT2D eigenvalue weighted by molar-refractivity contribution is -0.140. The number of rotatable bonds is 7. The first-order valence-corrected chi connectivity index (χ1v) is 8.42.